The molecule has 1 saturated heterocycles. The maximum atomic E-state index is 12.8. The maximum Gasteiger partial charge on any atom is 0.227 e. The number of amides is 1. The van der Waals surface area contributed by atoms with Crippen molar-refractivity contribution in [1.82, 2.24) is 14.9 Å². The molecule has 0 N–H and O–H groups in total. The monoisotopic (exact) mass is 351 g/mol. The third-order valence-corrected chi connectivity index (χ3v) is 5.22. The SMILES string of the molecule is Cc1cc(C)nc([C@H]2CN(C(=O)Cc3ccc4c(c3)CCC4)CCO2)n1. The van der Waals surface area contributed by atoms with Crippen molar-refractivity contribution in [3.05, 3.63) is 58.2 Å². The van der Waals surface area contributed by atoms with Gasteiger partial charge in [-0.05, 0) is 55.9 Å². The van der Waals surface area contributed by atoms with E-state index in [1.165, 1.54) is 24.0 Å². The van der Waals surface area contributed by atoms with Crippen LogP contribution in [-0.4, -0.2) is 40.5 Å². The maximum absolute atomic E-state index is 12.8. The van der Waals surface area contributed by atoms with Gasteiger partial charge < -0.3 is 9.64 Å². The van der Waals surface area contributed by atoms with E-state index in [1.54, 1.807) is 0 Å². The lowest BCUT2D eigenvalue weighted by Gasteiger charge is -2.32. The molecule has 0 radical (unpaired) electrons. The smallest absolute Gasteiger partial charge is 0.227 e. The first kappa shape index (κ1) is 17.2. The van der Waals surface area contributed by atoms with Gasteiger partial charge in [-0.25, -0.2) is 9.97 Å². The Balaban J connectivity index is 1.44. The lowest BCUT2D eigenvalue weighted by atomic mass is 10.0. The fourth-order valence-corrected chi connectivity index (χ4v) is 3.95. The molecule has 1 aromatic heterocycles. The first-order chi connectivity index (χ1) is 12.6. The van der Waals surface area contributed by atoms with Crippen molar-refractivity contribution in [2.24, 2.45) is 0 Å². The molecule has 136 valence electrons. The first-order valence-electron chi connectivity index (χ1n) is 9.41. The van der Waals surface area contributed by atoms with E-state index in [1.807, 2.05) is 24.8 Å². The topological polar surface area (TPSA) is 55.3 Å². The zero-order valence-electron chi connectivity index (χ0n) is 15.5. The quantitative estimate of drug-likeness (QED) is 0.853. The number of aromatic nitrogens is 2. The van der Waals surface area contributed by atoms with E-state index < -0.39 is 0 Å². The van der Waals surface area contributed by atoms with Crippen molar-refractivity contribution < 1.29 is 9.53 Å². The van der Waals surface area contributed by atoms with Crippen molar-refractivity contribution in [3.8, 4) is 0 Å². The number of nitrogens with zero attached hydrogens (tertiary/aromatic N) is 3. The fourth-order valence-electron chi connectivity index (χ4n) is 3.95. The zero-order valence-corrected chi connectivity index (χ0v) is 15.5. The van der Waals surface area contributed by atoms with Crippen LogP contribution in [-0.2, 0) is 28.8 Å². The molecule has 1 aliphatic carbocycles. The molecule has 0 saturated carbocycles. The number of hydrogen-bond donors (Lipinski definition) is 0. The van der Waals surface area contributed by atoms with Crippen molar-refractivity contribution in [3.63, 3.8) is 0 Å². The van der Waals surface area contributed by atoms with Crippen LogP contribution in [0, 0.1) is 13.8 Å². The molecule has 1 fully saturated rings. The Morgan fingerprint density at radius 2 is 1.92 bits per heavy atom. The van der Waals surface area contributed by atoms with Crippen LogP contribution < -0.4 is 0 Å². The van der Waals surface area contributed by atoms with Crippen molar-refractivity contribution in [1.29, 1.82) is 0 Å². The van der Waals surface area contributed by atoms with Crippen LogP contribution in [0.5, 0.6) is 0 Å². The summed E-state index contributed by atoms with van der Waals surface area (Å²) in [6.07, 6.45) is 3.75. The molecule has 0 spiro atoms. The van der Waals surface area contributed by atoms with Gasteiger partial charge in [0, 0.05) is 17.9 Å². The molecule has 2 aliphatic rings. The summed E-state index contributed by atoms with van der Waals surface area (Å²) in [6.45, 7) is 5.59. The second-order valence-corrected chi connectivity index (χ2v) is 7.34. The number of carbonyl (C=O) groups is 1. The molecule has 2 heterocycles. The van der Waals surface area contributed by atoms with Gasteiger partial charge in [-0.3, -0.25) is 4.79 Å². The molecule has 5 nitrogen and oxygen atoms in total. The van der Waals surface area contributed by atoms with Gasteiger partial charge in [0.05, 0.1) is 19.6 Å². The van der Waals surface area contributed by atoms with E-state index in [0.29, 0.717) is 31.9 Å². The van der Waals surface area contributed by atoms with E-state index in [9.17, 15) is 4.79 Å². The van der Waals surface area contributed by atoms with E-state index in [-0.39, 0.29) is 12.0 Å². The number of carbonyl (C=O) groups excluding carboxylic acids is 1. The highest BCUT2D eigenvalue weighted by Gasteiger charge is 2.27. The minimum Gasteiger partial charge on any atom is -0.367 e. The highest BCUT2D eigenvalue weighted by molar-refractivity contribution is 5.79. The molecule has 0 unspecified atom stereocenters. The number of morpholine rings is 1. The first-order valence-corrected chi connectivity index (χ1v) is 9.41. The van der Waals surface area contributed by atoms with Gasteiger partial charge in [0.15, 0.2) is 5.82 Å². The summed E-state index contributed by atoms with van der Waals surface area (Å²) in [5.41, 5.74) is 5.83. The van der Waals surface area contributed by atoms with Gasteiger partial charge in [-0.15, -0.1) is 0 Å². The molecule has 1 amide bonds. The van der Waals surface area contributed by atoms with Gasteiger partial charge >= 0.3 is 0 Å². The summed E-state index contributed by atoms with van der Waals surface area (Å²) in [6, 6.07) is 8.46. The largest absolute Gasteiger partial charge is 0.367 e. The molecule has 1 atom stereocenters. The normalized spacial score (nSPS) is 19.5. The average Bonchev–Trinajstić information content (AvgIpc) is 3.09. The van der Waals surface area contributed by atoms with Crippen molar-refractivity contribution in [2.75, 3.05) is 19.7 Å². The van der Waals surface area contributed by atoms with Gasteiger partial charge in [0.25, 0.3) is 0 Å². The predicted octanol–water partition coefficient (Wildman–Crippen LogP) is 2.72. The number of hydrogen-bond acceptors (Lipinski definition) is 4. The third kappa shape index (κ3) is 3.63. The Bertz CT molecular complexity index is 814. The predicted molar refractivity (Wildman–Crippen MR) is 99.0 cm³/mol. The van der Waals surface area contributed by atoms with Crippen molar-refractivity contribution >= 4 is 5.91 Å². The Labute approximate surface area is 154 Å². The molecular formula is C21H25N3O2. The highest BCUT2D eigenvalue weighted by atomic mass is 16.5. The van der Waals surface area contributed by atoms with Crippen LogP contribution in [0.15, 0.2) is 24.3 Å². The Morgan fingerprint density at radius 3 is 2.73 bits per heavy atom. The van der Waals surface area contributed by atoms with Crippen LogP contribution in [0.25, 0.3) is 0 Å². The second-order valence-electron chi connectivity index (χ2n) is 7.34. The van der Waals surface area contributed by atoms with Crippen molar-refractivity contribution in [2.45, 2.75) is 45.6 Å². The molecule has 26 heavy (non-hydrogen) atoms. The number of benzene rings is 1. The van der Waals surface area contributed by atoms with Gasteiger partial charge in [0.2, 0.25) is 5.91 Å². The summed E-state index contributed by atoms with van der Waals surface area (Å²) in [5.74, 6) is 0.832. The van der Waals surface area contributed by atoms with Crippen LogP contribution in [0.4, 0.5) is 0 Å². The Kier molecular flexibility index (Phi) is 4.72. The molecule has 1 aromatic carbocycles. The number of aryl methyl sites for hydroxylation is 4. The molecule has 1 aliphatic heterocycles. The van der Waals surface area contributed by atoms with Gasteiger partial charge in [-0.1, -0.05) is 18.2 Å². The van der Waals surface area contributed by atoms with Crippen LogP contribution in [0.2, 0.25) is 0 Å². The second kappa shape index (κ2) is 7.16. The number of ether oxygens (including phenoxy) is 1. The Morgan fingerprint density at radius 1 is 1.15 bits per heavy atom. The lowest BCUT2D eigenvalue weighted by Crippen LogP contribution is -2.43. The molecule has 4 rings (SSSR count). The summed E-state index contributed by atoms with van der Waals surface area (Å²) in [4.78, 5) is 23.7. The molecule has 2 aromatic rings. The summed E-state index contributed by atoms with van der Waals surface area (Å²) in [7, 11) is 0. The van der Waals surface area contributed by atoms with E-state index in [2.05, 4.69) is 28.2 Å². The lowest BCUT2D eigenvalue weighted by molar-refractivity contribution is -0.138. The van der Waals surface area contributed by atoms with E-state index in [4.69, 9.17) is 4.74 Å². The van der Waals surface area contributed by atoms with Crippen LogP contribution in [0.3, 0.4) is 0 Å². The minimum absolute atomic E-state index is 0.153. The Hall–Kier alpha value is -2.27. The summed E-state index contributed by atoms with van der Waals surface area (Å²) in [5, 5.41) is 0. The zero-order chi connectivity index (χ0) is 18.1. The summed E-state index contributed by atoms with van der Waals surface area (Å²) >= 11 is 0. The van der Waals surface area contributed by atoms with Crippen LogP contribution in [0.1, 0.15) is 46.4 Å². The minimum atomic E-state index is -0.244. The van der Waals surface area contributed by atoms with Crippen LogP contribution >= 0.6 is 0 Å². The fraction of sp³-hybridized carbons (Fsp3) is 0.476. The van der Waals surface area contributed by atoms with Gasteiger partial charge in [0.1, 0.15) is 6.10 Å². The molecule has 0 bridgehead atoms. The summed E-state index contributed by atoms with van der Waals surface area (Å²) < 4.78 is 5.85. The van der Waals surface area contributed by atoms with E-state index in [0.717, 1.165) is 23.4 Å². The average molecular weight is 351 g/mol. The molecular weight excluding hydrogens is 326 g/mol. The standard InChI is InChI=1S/C21H25N3O2/c1-14-10-15(2)23-21(22-14)19-13-24(8-9-26-19)20(25)12-16-6-7-17-4-3-5-18(17)11-16/h6-7,10-11,19H,3-5,8-9,12-13H2,1-2H3/t19-/m1/s1. The highest BCUT2D eigenvalue weighted by Crippen LogP contribution is 2.24. The number of fused-ring (bicyclic) bond motifs is 1. The molecule has 5 heteroatoms. The van der Waals surface area contributed by atoms with E-state index >= 15 is 0 Å². The number of rotatable bonds is 3. The third-order valence-electron chi connectivity index (χ3n) is 5.22. The van der Waals surface area contributed by atoms with Gasteiger partial charge in [-0.2, -0.15) is 0 Å².